The number of aromatic carboxylic acids is 1. The summed E-state index contributed by atoms with van der Waals surface area (Å²) in [5.41, 5.74) is 0.954. The lowest BCUT2D eigenvalue weighted by atomic mass is 10.3. The fourth-order valence-corrected chi connectivity index (χ4v) is 3.91. The van der Waals surface area contributed by atoms with Crippen molar-refractivity contribution < 1.29 is 14.1 Å². The number of hydrogen-bond donors (Lipinski definition) is 1. The SMILES string of the molecule is O=C(O)c1cc2c(s1)CS(=O)C2. The largest absolute Gasteiger partial charge is 0.477 e. The quantitative estimate of drug-likeness (QED) is 0.744. The zero-order valence-electron chi connectivity index (χ0n) is 6.07. The third kappa shape index (κ3) is 1.19. The molecule has 0 amide bonds. The molecule has 1 unspecified atom stereocenters. The summed E-state index contributed by atoms with van der Waals surface area (Å²) in [6.07, 6.45) is 0. The van der Waals surface area contributed by atoms with E-state index in [4.69, 9.17) is 5.11 Å². The first-order chi connectivity index (χ1) is 5.66. The van der Waals surface area contributed by atoms with Gasteiger partial charge in [-0.1, -0.05) is 0 Å². The van der Waals surface area contributed by atoms with Crippen molar-refractivity contribution in [2.45, 2.75) is 11.5 Å². The second-order valence-corrected chi connectivity index (χ2v) is 5.19. The van der Waals surface area contributed by atoms with Crippen molar-refractivity contribution in [1.29, 1.82) is 0 Å². The lowest BCUT2D eigenvalue weighted by Gasteiger charge is -1.86. The van der Waals surface area contributed by atoms with Gasteiger partial charge in [0.25, 0.3) is 0 Å². The Balaban J connectivity index is 2.40. The van der Waals surface area contributed by atoms with E-state index in [-0.39, 0.29) is 0 Å². The van der Waals surface area contributed by atoms with E-state index in [1.54, 1.807) is 6.07 Å². The van der Waals surface area contributed by atoms with Gasteiger partial charge in [-0.25, -0.2) is 4.79 Å². The lowest BCUT2D eigenvalue weighted by Crippen LogP contribution is -1.92. The van der Waals surface area contributed by atoms with Crippen molar-refractivity contribution in [2.24, 2.45) is 0 Å². The van der Waals surface area contributed by atoms with Crippen LogP contribution in [0.4, 0.5) is 0 Å². The van der Waals surface area contributed by atoms with E-state index < -0.39 is 16.8 Å². The monoisotopic (exact) mass is 202 g/mol. The van der Waals surface area contributed by atoms with Gasteiger partial charge in [-0.3, -0.25) is 4.21 Å². The number of rotatable bonds is 1. The number of thiophene rings is 1. The Bertz CT molecular complexity index is 341. The topological polar surface area (TPSA) is 54.4 Å². The predicted molar refractivity (Wildman–Crippen MR) is 46.8 cm³/mol. The van der Waals surface area contributed by atoms with Crippen LogP contribution in [0.25, 0.3) is 0 Å². The molecule has 1 aliphatic rings. The maximum Gasteiger partial charge on any atom is 0.345 e. The van der Waals surface area contributed by atoms with Gasteiger partial charge in [0, 0.05) is 15.7 Å². The minimum atomic E-state index is -0.889. The number of carboxylic acids is 1. The fourth-order valence-electron chi connectivity index (χ4n) is 1.19. The summed E-state index contributed by atoms with van der Waals surface area (Å²) in [5.74, 6) is 0.173. The van der Waals surface area contributed by atoms with Crippen molar-refractivity contribution in [1.82, 2.24) is 0 Å². The molecule has 0 spiro atoms. The van der Waals surface area contributed by atoms with Crippen LogP contribution in [0.2, 0.25) is 0 Å². The molecule has 12 heavy (non-hydrogen) atoms. The molecule has 1 aromatic heterocycles. The van der Waals surface area contributed by atoms with Crippen molar-refractivity contribution in [2.75, 3.05) is 0 Å². The smallest absolute Gasteiger partial charge is 0.345 e. The number of carbonyl (C=O) groups is 1. The molecule has 0 radical (unpaired) electrons. The van der Waals surface area contributed by atoms with E-state index in [1.807, 2.05) is 0 Å². The second-order valence-electron chi connectivity index (χ2n) is 2.59. The molecule has 0 aliphatic carbocycles. The molecule has 0 bridgehead atoms. The van der Waals surface area contributed by atoms with Crippen molar-refractivity contribution in [3.63, 3.8) is 0 Å². The molecule has 2 heterocycles. The minimum absolute atomic E-state index is 0.358. The minimum Gasteiger partial charge on any atom is -0.477 e. The molecule has 0 saturated heterocycles. The number of carboxylic acid groups (broad SMARTS) is 1. The van der Waals surface area contributed by atoms with Crippen molar-refractivity contribution >= 4 is 28.1 Å². The van der Waals surface area contributed by atoms with Gasteiger partial charge < -0.3 is 5.11 Å². The molecular weight excluding hydrogens is 196 g/mol. The van der Waals surface area contributed by atoms with Crippen LogP contribution in [0.5, 0.6) is 0 Å². The molecule has 5 heteroatoms. The highest BCUT2D eigenvalue weighted by molar-refractivity contribution is 7.84. The van der Waals surface area contributed by atoms with Gasteiger partial charge in [-0.05, 0) is 11.6 Å². The molecule has 1 aromatic rings. The Labute approximate surface area is 75.5 Å². The molecule has 64 valence electrons. The van der Waals surface area contributed by atoms with Gasteiger partial charge in [0.1, 0.15) is 4.88 Å². The zero-order valence-corrected chi connectivity index (χ0v) is 7.70. The fraction of sp³-hybridized carbons (Fsp3) is 0.286. The van der Waals surface area contributed by atoms with E-state index in [9.17, 15) is 9.00 Å². The van der Waals surface area contributed by atoms with E-state index in [0.29, 0.717) is 16.4 Å². The predicted octanol–water partition coefficient (Wildman–Crippen LogP) is 1.21. The Kier molecular flexibility index (Phi) is 1.77. The first kappa shape index (κ1) is 7.94. The van der Waals surface area contributed by atoms with Gasteiger partial charge in [-0.2, -0.15) is 0 Å². The molecular formula is C7H6O3S2. The Hall–Kier alpha value is -0.680. The van der Waals surface area contributed by atoms with Crippen LogP contribution in [-0.4, -0.2) is 15.3 Å². The van der Waals surface area contributed by atoms with Crippen LogP contribution in [0.15, 0.2) is 6.07 Å². The highest BCUT2D eigenvalue weighted by atomic mass is 32.2. The van der Waals surface area contributed by atoms with E-state index in [2.05, 4.69) is 0 Å². The van der Waals surface area contributed by atoms with Crippen LogP contribution in [0.1, 0.15) is 20.1 Å². The Morgan fingerprint density at radius 2 is 2.33 bits per heavy atom. The molecule has 0 aromatic carbocycles. The summed E-state index contributed by atoms with van der Waals surface area (Å²) < 4.78 is 11.0. The number of fused-ring (bicyclic) bond motifs is 1. The van der Waals surface area contributed by atoms with E-state index in [1.165, 1.54) is 11.3 Å². The Morgan fingerprint density at radius 1 is 1.58 bits per heavy atom. The summed E-state index contributed by atoms with van der Waals surface area (Å²) in [7, 11) is -0.792. The zero-order chi connectivity index (χ0) is 8.72. The molecule has 1 atom stereocenters. The van der Waals surface area contributed by atoms with Gasteiger partial charge in [-0.15, -0.1) is 11.3 Å². The summed E-state index contributed by atoms with van der Waals surface area (Å²) in [5, 5.41) is 8.64. The van der Waals surface area contributed by atoms with Gasteiger partial charge in [0.05, 0.1) is 11.5 Å². The van der Waals surface area contributed by atoms with Gasteiger partial charge >= 0.3 is 5.97 Å². The third-order valence-corrected chi connectivity index (χ3v) is 4.31. The maximum absolute atomic E-state index is 11.0. The van der Waals surface area contributed by atoms with Crippen LogP contribution in [0.3, 0.4) is 0 Å². The molecule has 1 N–H and O–H groups in total. The van der Waals surface area contributed by atoms with E-state index >= 15 is 0 Å². The first-order valence-corrected chi connectivity index (χ1v) is 5.67. The lowest BCUT2D eigenvalue weighted by molar-refractivity contribution is 0.0702. The highest BCUT2D eigenvalue weighted by Crippen LogP contribution is 2.30. The molecule has 0 saturated carbocycles. The average molecular weight is 202 g/mol. The summed E-state index contributed by atoms with van der Waals surface area (Å²) in [6, 6.07) is 1.63. The molecule has 1 aliphatic heterocycles. The molecule has 3 nitrogen and oxygen atoms in total. The van der Waals surface area contributed by atoms with Crippen LogP contribution in [-0.2, 0) is 22.3 Å². The third-order valence-electron chi connectivity index (χ3n) is 1.72. The van der Waals surface area contributed by atoms with Crippen molar-refractivity contribution in [3.8, 4) is 0 Å². The van der Waals surface area contributed by atoms with Gasteiger partial charge in [0.2, 0.25) is 0 Å². The summed E-state index contributed by atoms with van der Waals surface area (Å²) >= 11 is 1.24. The standard InChI is InChI=1S/C7H6O3S2/c8-7(9)5-1-4-2-12(10)3-6(4)11-5/h1H,2-3H2,(H,8,9). The maximum atomic E-state index is 11.0. The summed E-state index contributed by atoms with van der Waals surface area (Å²) in [6.45, 7) is 0. The Morgan fingerprint density at radius 3 is 2.92 bits per heavy atom. The average Bonchev–Trinajstić information content (AvgIpc) is 2.42. The first-order valence-electron chi connectivity index (χ1n) is 3.36. The highest BCUT2D eigenvalue weighted by Gasteiger charge is 2.22. The van der Waals surface area contributed by atoms with Crippen LogP contribution in [0, 0.1) is 0 Å². The van der Waals surface area contributed by atoms with E-state index in [0.717, 1.165) is 10.4 Å². The van der Waals surface area contributed by atoms with Crippen LogP contribution >= 0.6 is 11.3 Å². The normalized spacial score (nSPS) is 20.8. The second kappa shape index (κ2) is 2.67. The number of hydrogen-bond acceptors (Lipinski definition) is 3. The van der Waals surface area contributed by atoms with Gasteiger partial charge in [0.15, 0.2) is 0 Å². The van der Waals surface area contributed by atoms with Crippen molar-refractivity contribution in [3.05, 3.63) is 21.4 Å². The molecule has 2 rings (SSSR count). The van der Waals surface area contributed by atoms with Crippen LogP contribution < -0.4 is 0 Å². The molecule has 0 fully saturated rings. The summed E-state index contributed by atoms with van der Waals surface area (Å²) in [4.78, 5) is 11.9.